The molecular formula is C13H24O2Si. The van der Waals surface area contributed by atoms with Crippen molar-refractivity contribution in [1.29, 1.82) is 0 Å². The third-order valence-electron chi connectivity index (χ3n) is 3.57. The Balaban J connectivity index is 3.16. The number of allylic oxidation sites excluding steroid dienone is 4. The molecule has 92 valence electrons. The molecule has 0 aromatic heterocycles. The van der Waals surface area contributed by atoms with Gasteiger partial charge in [-0.3, -0.25) is 0 Å². The SMILES string of the molecule is CO[Si](OC)(C1C=C(C)C(C)=C1)C(C)(C)C. The highest BCUT2D eigenvalue weighted by molar-refractivity contribution is 6.73. The molecule has 1 aliphatic carbocycles. The molecule has 2 nitrogen and oxygen atoms in total. The standard InChI is InChI=1S/C13H24O2Si/c1-10-8-12(9-11(10)2)16(14-6,15-7)13(3,4)5/h8-9,12H,1-7H3. The van der Waals surface area contributed by atoms with E-state index in [2.05, 4.69) is 46.8 Å². The van der Waals surface area contributed by atoms with Crippen LogP contribution < -0.4 is 0 Å². The van der Waals surface area contributed by atoms with E-state index in [1.807, 2.05) is 0 Å². The number of rotatable bonds is 3. The smallest absolute Gasteiger partial charge is 0.354 e. The summed E-state index contributed by atoms with van der Waals surface area (Å²) in [4.78, 5) is 0. The zero-order valence-corrected chi connectivity index (χ0v) is 12.5. The summed E-state index contributed by atoms with van der Waals surface area (Å²) in [6.07, 6.45) is 4.58. The van der Waals surface area contributed by atoms with Crippen LogP contribution in [-0.2, 0) is 8.85 Å². The first kappa shape index (κ1) is 13.7. The van der Waals surface area contributed by atoms with Crippen LogP contribution in [-0.4, -0.2) is 22.8 Å². The van der Waals surface area contributed by atoms with Gasteiger partial charge in [0.25, 0.3) is 0 Å². The molecular weight excluding hydrogens is 216 g/mol. The molecule has 0 amide bonds. The van der Waals surface area contributed by atoms with Gasteiger partial charge in [-0.15, -0.1) is 0 Å². The Bertz CT molecular complexity index is 301. The van der Waals surface area contributed by atoms with Crippen molar-refractivity contribution >= 4 is 8.56 Å². The summed E-state index contributed by atoms with van der Waals surface area (Å²) in [6.45, 7) is 10.9. The van der Waals surface area contributed by atoms with Crippen LogP contribution in [0.5, 0.6) is 0 Å². The minimum Gasteiger partial charge on any atom is -0.397 e. The van der Waals surface area contributed by atoms with Gasteiger partial charge in [0.2, 0.25) is 0 Å². The summed E-state index contributed by atoms with van der Waals surface area (Å²) < 4.78 is 11.7. The Morgan fingerprint density at radius 1 is 1.00 bits per heavy atom. The summed E-state index contributed by atoms with van der Waals surface area (Å²) in [7, 11) is 1.32. The van der Waals surface area contributed by atoms with E-state index in [1.165, 1.54) is 11.1 Å². The lowest BCUT2D eigenvalue weighted by Gasteiger charge is -2.41. The molecule has 0 saturated carbocycles. The van der Waals surface area contributed by atoms with E-state index in [0.29, 0.717) is 5.54 Å². The molecule has 1 aliphatic rings. The molecule has 0 unspecified atom stereocenters. The van der Waals surface area contributed by atoms with Crippen molar-refractivity contribution in [3.63, 3.8) is 0 Å². The van der Waals surface area contributed by atoms with Crippen molar-refractivity contribution in [2.75, 3.05) is 14.2 Å². The van der Waals surface area contributed by atoms with Crippen molar-refractivity contribution in [2.45, 2.75) is 45.2 Å². The zero-order chi connectivity index (χ0) is 12.6. The summed E-state index contributed by atoms with van der Waals surface area (Å²) in [5, 5.41) is 0.0546. The van der Waals surface area contributed by atoms with Gasteiger partial charge in [0.1, 0.15) is 0 Å². The Hall–Kier alpha value is -0.383. The van der Waals surface area contributed by atoms with Crippen molar-refractivity contribution in [3.05, 3.63) is 23.3 Å². The topological polar surface area (TPSA) is 18.5 Å². The van der Waals surface area contributed by atoms with Crippen LogP contribution in [0, 0.1) is 0 Å². The van der Waals surface area contributed by atoms with Crippen LogP contribution in [0.1, 0.15) is 34.6 Å². The van der Waals surface area contributed by atoms with E-state index >= 15 is 0 Å². The van der Waals surface area contributed by atoms with Crippen LogP contribution in [0.2, 0.25) is 10.6 Å². The van der Waals surface area contributed by atoms with E-state index in [0.717, 1.165) is 0 Å². The first-order valence-electron chi connectivity index (χ1n) is 5.76. The normalized spacial score (nSPS) is 18.7. The lowest BCUT2D eigenvalue weighted by Crippen LogP contribution is -2.51. The molecule has 0 spiro atoms. The van der Waals surface area contributed by atoms with E-state index in [4.69, 9.17) is 8.85 Å². The second-order valence-electron chi connectivity index (χ2n) is 5.55. The van der Waals surface area contributed by atoms with Crippen LogP contribution in [0.4, 0.5) is 0 Å². The first-order chi connectivity index (χ1) is 7.28. The molecule has 0 aromatic rings. The fourth-order valence-corrected chi connectivity index (χ4v) is 6.41. The maximum Gasteiger partial charge on any atom is 0.354 e. The Morgan fingerprint density at radius 2 is 1.38 bits per heavy atom. The highest BCUT2D eigenvalue weighted by Gasteiger charge is 2.53. The quantitative estimate of drug-likeness (QED) is 0.699. The van der Waals surface area contributed by atoms with Crippen LogP contribution in [0.3, 0.4) is 0 Å². The summed E-state index contributed by atoms with van der Waals surface area (Å²) >= 11 is 0. The fraction of sp³-hybridized carbons (Fsp3) is 0.692. The third-order valence-corrected chi connectivity index (χ3v) is 8.09. The molecule has 0 radical (unpaired) electrons. The van der Waals surface area contributed by atoms with Crippen molar-refractivity contribution in [3.8, 4) is 0 Å². The highest BCUT2D eigenvalue weighted by atomic mass is 28.4. The number of hydrogen-bond acceptors (Lipinski definition) is 2. The average Bonchev–Trinajstić information content (AvgIpc) is 2.48. The van der Waals surface area contributed by atoms with Gasteiger partial charge in [0, 0.05) is 24.8 Å². The third kappa shape index (κ3) is 2.04. The minimum atomic E-state index is -2.25. The van der Waals surface area contributed by atoms with E-state index in [-0.39, 0.29) is 5.04 Å². The number of hydrogen-bond donors (Lipinski definition) is 0. The van der Waals surface area contributed by atoms with Crippen molar-refractivity contribution in [2.24, 2.45) is 0 Å². The van der Waals surface area contributed by atoms with Gasteiger partial charge in [0.05, 0.1) is 0 Å². The molecule has 0 bridgehead atoms. The van der Waals surface area contributed by atoms with Gasteiger partial charge in [-0.2, -0.15) is 0 Å². The van der Waals surface area contributed by atoms with Gasteiger partial charge >= 0.3 is 8.56 Å². The van der Waals surface area contributed by atoms with E-state index < -0.39 is 8.56 Å². The van der Waals surface area contributed by atoms with Gasteiger partial charge in [-0.05, 0) is 13.8 Å². The van der Waals surface area contributed by atoms with E-state index in [1.54, 1.807) is 14.2 Å². The average molecular weight is 240 g/mol. The molecule has 0 aliphatic heterocycles. The Morgan fingerprint density at radius 3 is 1.62 bits per heavy atom. The first-order valence-corrected chi connectivity index (χ1v) is 7.65. The molecule has 1 rings (SSSR count). The molecule has 0 N–H and O–H groups in total. The molecule has 0 heterocycles. The van der Waals surface area contributed by atoms with Crippen LogP contribution in [0.15, 0.2) is 23.3 Å². The van der Waals surface area contributed by atoms with Gasteiger partial charge in [0.15, 0.2) is 0 Å². The van der Waals surface area contributed by atoms with Crippen molar-refractivity contribution in [1.82, 2.24) is 0 Å². The molecule has 3 heteroatoms. The minimum absolute atomic E-state index is 0.0546. The lowest BCUT2D eigenvalue weighted by atomic mass is 10.2. The molecule has 0 aromatic carbocycles. The predicted octanol–water partition coefficient (Wildman–Crippen LogP) is 3.80. The maximum atomic E-state index is 5.86. The second-order valence-corrected chi connectivity index (χ2v) is 9.87. The van der Waals surface area contributed by atoms with Gasteiger partial charge < -0.3 is 8.85 Å². The molecule has 16 heavy (non-hydrogen) atoms. The van der Waals surface area contributed by atoms with E-state index in [9.17, 15) is 0 Å². The molecule has 0 atom stereocenters. The summed E-state index contributed by atoms with van der Waals surface area (Å²) in [6, 6.07) is 0. The van der Waals surface area contributed by atoms with Gasteiger partial charge in [-0.1, -0.05) is 44.1 Å². The predicted molar refractivity (Wildman–Crippen MR) is 70.8 cm³/mol. The largest absolute Gasteiger partial charge is 0.397 e. The monoisotopic (exact) mass is 240 g/mol. The van der Waals surface area contributed by atoms with Crippen LogP contribution >= 0.6 is 0 Å². The van der Waals surface area contributed by atoms with Crippen molar-refractivity contribution < 1.29 is 8.85 Å². The molecule has 0 saturated heterocycles. The summed E-state index contributed by atoms with van der Waals surface area (Å²) in [5.74, 6) is 0. The zero-order valence-electron chi connectivity index (χ0n) is 11.5. The van der Waals surface area contributed by atoms with Crippen LogP contribution in [0.25, 0.3) is 0 Å². The van der Waals surface area contributed by atoms with Gasteiger partial charge in [-0.25, -0.2) is 0 Å². The highest BCUT2D eigenvalue weighted by Crippen LogP contribution is 2.48. The lowest BCUT2D eigenvalue weighted by molar-refractivity contribution is 0.211. The Kier molecular flexibility index (Phi) is 3.82. The second kappa shape index (κ2) is 4.47. The summed E-state index contributed by atoms with van der Waals surface area (Å²) in [5.41, 5.74) is 3.02. The maximum absolute atomic E-state index is 5.86. The fourth-order valence-electron chi connectivity index (χ4n) is 2.54. The Labute approximate surface area is 101 Å². The molecule has 0 fully saturated rings.